The average Bonchev–Trinajstić information content (AvgIpc) is 2.76. The Morgan fingerprint density at radius 1 is 1.28 bits per heavy atom. The highest BCUT2D eigenvalue weighted by Crippen LogP contribution is 2.26. The lowest BCUT2D eigenvalue weighted by Gasteiger charge is -2.22. The summed E-state index contributed by atoms with van der Waals surface area (Å²) in [4.78, 5) is -0.361. The van der Waals surface area contributed by atoms with Gasteiger partial charge in [0.25, 0.3) is 0 Å². The van der Waals surface area contributed by atoms with Crippen LogP contribution in [-0.2, 0) is 10.0 Å². The van der Waals surface area contributed by atoms with Crippen LogP contribution in [0.4, 0.5) is 8.78 Å². The highest BCUT2D eigenvalue weighted by molar-refractivity contribution is 7.89. The fourth-order valence-corrected chi connectivity index (χ4v) is 3.92. The summed E-state index contributed by atoms with van der Waals surface area (Å²) in [5, 5.41) is 0. The second kappa shape index (κ2) is 4.91. The SMILES string of the molecule is NCC1CCCN1S(=O)(=O)c1cc(F)cc(F)c1. The van der Waals surface area contributed by atoms with Gasteiger partial charge < -0.3 is 5.73 Å². The molecule has 0 aromatic heterocycles. The van der Waals surface area contributed by atoms with Crippen molar-refractivity contribution >= 4 is 10.0 Å². The van der Waals surface area contributed by atoms with E-state index in [-0.39, 0.29) is 17.5 Å². The lowest BCUT2D eigenvalue weighted by Crippen LogP contribution is -2.39. The number of rotatable bonds is 3. The standard InChI is InChI=1S/C11H14F2N2O2S/c12-8-4-9(13)6-11(5-8)18(16,17)15-3-1-2-10(15)7-14/h4-6,10H,1-3,7,14H2. The molecule has 2 rings (SSSR count). The molecule has 0 spiro atoms. The monoisotopic (exact) mass is 276 g/mol. The van der Waals surface area contributed by atoms with Gasteiger partial charge >= 0.3 is 0 Å². The summed E-state index contributed by atoms with van der Waals surface area (Å²) >= 11 is 0. The van der Waals surface area contributed by atoms with Crippen molar-refractivity contribution in [2.45, 2.75) is 23.8 Å². The predicted octanol–water partition coefficient (Wildman–Crippen LogP) is 1.08. The van der Waals surface area contributed by atoms with Gasteiger partial charge in [-0.1, -0.05) is 0 Å². The van der Waals surface area contributed by atoms with E-state index in [0.717, 1.165) is 12.1 Å². The summed E-state index contributed by atoms with van der Waals surface area (Å²) in [6, 6.07) is 2.00. The van der Waals surface area contributed by atoms with Crippen molar-refractivity contribution in [2.75, 3.05) is 13.1 Å². The minimum Gasteiger partial charge on any atom is -0.329 e. The van der Waals surface area contributed by atoms with Crippen LogP contribution in [0, 0.1) is 11.6 Å². The summed E-state index contributed by atoms with van der Waals surface area (Å²) in [5.74, 6) is -1.81. The van der Waals surface area contributed by atoms with Crippen LogP contribution >= 0.6 is 0 Å². The van der Waals surface area contributed by atoms with Crippen molar-refractivity contribution in [3.63, 3.8) is 0 Å². The van der Waals surface area contributed by atoms with E-state index in [1.165, 1.54) is 4.31 Å². The van der Waals surface area contributed by atoms with Gasteiger partial charge in [0, 0.05) is 25.2 Å². The van der Waals surface area contributed by atoms with Crippen molar-refractivity contribution in [2.24, 2.45) is 5.73 Å². The number of hydrogen-bond acceptors (Lipinski definition) is 3. The summed E-state index contributed by atoms with van der Waals surface area (Å²) in [5.41, 5.74) is 5.50. The zero-order valence-electron chi connectivity index (χ0n) is 9.64. The lowest BCUT2D eigenvalue weighted by molar-refractivity contribution is 0.392. The predicted molar refractivity (Wildman–Crippen MR) is 62.3 cm³/mol. The Morgan fingerprint density at radius 2 is 1.89 bits per heavy atom. The van der Waals surface area contributed by atoms with Gasteiger partial charge in [-0.05, 0) is 25.0 Å². The minimum atomic E-state index is -3.87. The number of nitrogens with zero attached hydrogens (tertiary/aromatic N) is 1. The van der Waals surface area contributed by atoms with Gasteiger partial charge in [-0.15, -0.1) is 0 Å². The molecule has 1 heterocycles. The molecule has 1 aliphatic heterocycles. The fourth-order valence-electron chi connectivity index (χ4n) is 2.17. The quantitative estimate of drug-likeness (QED) is 0.898. The van der Waals surface area contributed by atoms with Crippen LogP contribution in [0.25, 0.3) is 0 Å². The van der Waals surface area contributed by atoms with Crippen LogP contribution in [0.15, 0.2) is 23.1 Å². The summed E-state index contributed by atoms with van der Waals surface area (Å²) in [7, 11) is -3.87. The molecule has 0 bridgehead atoms. The number of halogens is 2. The Kier molecular flexibility index (Phi) is 3.65. The van der Waals surface area contributed by atoms with Crippen LogP contribution in [-0.4, -0.2) is 31.9 Å². The smallest absolute Gasteiger partial charge is 0.243 e. The first kappa shape index (κ1) is 13.4. The third-order valence-corrected chi connectivity index (χ3v) is 4.97. The van der Waals surface area contributed by atoms with Gasteiger partial charge in [0.1, 0.15) is 11.6 Å². The molecular formula is C11H14F2N2O2S. The molecule has 1 atom stereocenters. The molecule has 2 N–H and O–H groups in total. The van der Waals surface area contributed by atoms with Crippen molar-refractivity contribution in [1.82, 2.24) is 4.31 Å². The summed E-state index contributed by atoms with van der Waals surface area (Å²) < 4.78 is 51.9. The fraction of sp³-hybridized carbons (Fsp3) is 0.455. The molecule has 1 unspecified atom stereocenters. The molecule has 1 saturated heterocycles. The Balaban J connectivity index is 2.41. The van der Waals surface area contributed by atoms with Gasteiger partial charge in [-0.2, -0.15) is 4.31 Å². The summed E-state index contributed by atoms with van der Waals surface area (Å²) in [6.45, 7) is 0.541. The van der Waals surface area contributed by atoms with Gasteiger partial charge in [-0.3, -0.25) is 0 Å². The van der Waals surface area contributed by atoms with Crippen molar-refractivity contribution in [1.29, 1.82) is 0 Å². The third kappa shape index (κ3) is 2.38. The summed E-state index contributed by atoms with van der Waals surface area (Å²) in [6.07, 6.45) is 1.38. The van der Waals surface area contributed by atoms with E-state index in [2.05, 4.69) is 0 Å². The molecule has 4 nitrogen and oxygen atoms in total. The molecule has 7 heteroatoms. The van der Waals surface area contributed by atoms with Gasteiger partial charge in [0.05, 0.1) is 4.90 Å². The largest absolute Gasteiger partial charge is 0.329 e. The Labute approximate surface area is 104 Å². The first-order valence-corrected chi connectivity index (χ1v) is 7.07. The van der Waals surface area contributed by atoms with Crippen LogP contribution < -0.4 is 5.73 Å². The van der Waals surface area contributed by atoms with E-state index < -0.39 is 21.7 Å². The van der Waals surface area contributed by atoms with Gasteiger partial charge in [-0.25, -0.2) is 17.2 Å². The molecule has 18 heavy (non-hydrogen) atoms. The second-order valence-corrected chi connectivity index (χ2v) is 6.14. The van der Waals surface area contributed by atoms with E-state index in [1.54, 1.807) is 0 Å². The average molecular weight is 276 g/mol. The van der Waals surface area contributed by atoms with Crippen LogP contribution in [0.5, 0.6) is 0 Å². The zero-order chi connectivity index (χ0) is 13.3. The minimum absolute atomic E-state index is 0.205. The molecule has 1 aliphatic rings. The molecule has 1 aromatic carbocycles. The van der Waals surface area contributed by atoms with E-state index in [0.29, 0.717) is 25.5 Å². The Morgan fingerprint density at radius 3 is 2.44 bits per heavy atom. The first-order chi connectivity index (χ1) is 8.45. The molecule has 100 valence electrons. The first-order valence-electron chi connectivity index (χ1n) is 5.63. The lowest BCUT2D eigenvalue weighted by atomic mass is 10.2. The molecule has 0 saturated carbocycles. The molecule has 0 aliphatic carbocycles. The molecule has 0 radical (unpaired) electrons. The maximum Gasteiger partial charge on any atom is 0.243 e. The van der Waals surface area contributed by atoms with E-state index in [1.807, 2.05) is 0 Å². The molecule has 0 amide bonds. The van der Waals surface area contributed by atoms with Crippen molar-refractivity contribution in [3.05, 3.63) is 29.8 Å². The van der Waals surface area contributed by atoms with Crippen LogP contribution in [0.2, 0.25) is 0 Å². The van der Waals surface area contributed by atoms with E-state index in [9.17, 15) is 17.2 Å². The van der Waals surface area contributed by atoms with Gasteiger partial charge in [0.15, 0.2) is 0 Å². The number of nitrogens with two attached hydrogens (primary N) is 1. The topological polar surface area (TPSA) is 63.4 Å². The zero-order valence-corrected chi connectivity index (χ0v) is 10.5. The Bertz CT molecular complexity index is 528. The number of sulfonamides is 1. The van der Waals surface area contributed by atoms with Crippen molar-refractivity contribution < 1.29 is 17.2 Å². The Hall–Kier alpha value is -1.05. The maximum atomic E-state index is 13.1. The van der Waals surface area contributed by atoms with Gasteiger partial charge in [0.2, 0.25) is 10.0 Å². The van der Waals surface area contributed by atoms with E-state index in [4.69, 9.17) is 5.73 Å². The number of benzene rings is 1. The van der Waals surface area contributed by atoms with Crippen LogP contribution in [0.1, 0.15) is 12.8 Å². The maximum absolute atomic E-state index is 13.1. The second-order valence-electron chi connectivity index (χ2n) is 4.25. The van der Waals surface area contributed by atoms with E-state index >= 15 is 0 Å². The molecule has 1 fully saturated rings. The number of hydrogen-bond donors (Lipinski definition) is 1. The molecular weight excluding hydrogens is 262 g/mol. The van der Waals surface area contributed by atoms with Crippen molar-refractivity contribution in [3.8, 4) is 0 Å². The third-order valence-electron chi connectivity index (χ3n) is 3.04. The normalized spacial score (nSPS) is 21.4. The molecule has 1 aromatic rings. The highest BCUT2D eigenvalue weighted by Gasteiger charge is 2.34. The van der Waals surface area contributed by atoms with Crippen LogP contribution in [0.3, 0.4) is 0 Å². The highest BCUT2D eigenvalue weighted by atomic mass is 32.2.